The zero-order chi connectivity index (χ0) is 38.1. The predicted octanol–water partition coefficient (Wildman–Crippen LogP) is 6.99. The van der Waals surface area contributed by atoms with Crippen LogP contribution in [0.2, 0.25) is 0 Å². The van der Waals surface area contributed by atoms with E-state index in [4.69, 9.17) is 24.6 Å². The number of fused-ring (bicyclic) bond motifs is 1. The van der Waals surface area contributed by atoms with Crippen molar-refractivity contribution in [1.82, 2.24) is 0 Å². The van der Waals surface area contributed by atoms with Crippen LogP contribution in [0.5, 0.6) is 17.2 Å². The van der Waals surface area contributed by atoms with Gasteiger partial charge in [-0.2, -0.15) is 14.1 Å². The van der Waals surface area contributed by atoms with Crippen molar-refractivity contribution < 1.29 is 99.5 Å². The molecule has 1 aliphatic heterocycles. The molecule has 3 aromatic carbocycles. The quantitative estimate of drug-likeness (QED) is 0.112. The smallest absolute Gasteiger partial charge is 0.495 e. The molecule has 4 rings (SSSR count). The van der Waals surface area contributed by atoms with Crippen LogP contribution in [0.25, 0.3) is 10.6 Å². The number of hydrogen-bond acceptors (Lipinski definition) is 8. The fourth-order valence-corrected chi connectivity index (χ4v) is 5.35. The van der Waals surface area contributed by atoms with Gasteiger partial charge in [-0.1, -0.05) is 57.2 Å². The van der Waals surface area contributed by atoms with Crippen LogP contribution in [-0.4, -0.2) is 74.4 Å². The first-order chi connectivity index (χ1) is 24.4. The molecule has 0 spiro atoms. The van der Waals surface area contributed by atoms with E-state index in [1.54, 1.807) is 14.1 Å². The van der Waals surface area contributed by atoms with Crippen LogP contribution in [0.15, 0.2) is 54.6 Å². The summed E-state index contributed by atoms with van der Waals surface area (Å²) in [7, 11) is 2.54. The van der Waals surface area contributed by atoms with Crippen molar-refractivity contribution >= 4 is 12.6 Å². The summed E-state index contributed by atoms with van der Waals surface area (Å²) in [6.45, 7) is 17.5. The van der Waals surface area contributed by atoms with Gasteiger partial charge in [-0.25, -0.2) is 0 Å². The number of aliphatic hydroxyl groups excluding tert-OH is 2. The van der Waals surface area contributed by atoms with Crippen LogP contribution >= 0.6 is 0 Å². The van der Waals surface area contributed by atoms with E-state index in [0.717, 1.165) is 64.0 Å². The second-order valence-electron chi connectivity index (χ2n) is 13.0. The van der Waals surface area contributed by atoms with Crippen molar-refractivity contribution in [3.63, 3.8) is 0 Å². The SMILES string of the molecule is CCC(C)Oc1cccc(C(O)CN)c1C.CCC(C)Oc1cccc(C(O)C[N-]C)c1C.CCC(C)Oc1cccc2c1B(O)OC2C[N-]C.[Y].[Y]. The van der Waals surface area contributed by atoms with Crippen LogP contribution in [-0.2, 0) is 70.1 Å². The minimum atomic E-state index is -0.910. The Morgan fingerprint density at radius 2 is 1.15 bits per heavy atom. The van der Waals surface area contributed by atoms with E-state index in [1.165, 1.54) is 0 Å². The second-order valence-corrected chi connectivity index (χ2v) is 13.0. The normalized spacial score (nSPS) is 15.7. The molecule has 0 aliphatic carbocycles. The molecule has 0 bridgehead atoms. The molecular weight excluding hydrogens is 823 g/mol. The van der Waals surface area contributed by atoms with Gasteiger partial charge in [0.05, 0.1) is 30.5 Å². The molecule has 13 heteroatoms. The van der Waals surface area contributed by atoms with Crippen molar-refractivity contribution in [3.05, 3.63) is 93.0 Å². The van der Waals surface area contributed by atoms with E-state index in [-0.39, 0.29) is 96.4 Å². The molecule has 10 nitrogen and oxygen atoms in total. The average Bonchev–Trinajstić information content (AvgIpc) is 3.45. The predicted molar refractivity (Wildman–Crippen MR) is 209 cm³/mol. The molecule has 1 aliphatic rings. The Kier molecular flexibility index (Phi) is 27.1. The van der Waals surface area contributed by atoms with Gasteiger partial charge >= 0.3 is 7.12 Å². The summed E-state index contributed by atoms with van der Waals surface area (Å²) in [4.78, 5) is 0. The maximum atomic E-state index is 10.0. The number of hydrogen-bond donors (Lipinski definition) is 4. The summed E-state index contributed by atoms with van der Waals surface area (Å²) in [5.74, 6) is 2.40. The van der Waals surface area contributed by atoms with E-state index in [9.17, 15) is 15.2 Å². The maximum Gasteiger partial charge on any atom is 0.495 e. The summed E-state index contributed by atoms with van der Waals surface area (Å²) in [5, 5.41) is 37.8. The number of nitrogens with zero attached hydrogens (tertiary/aromatic N) is 2. The first-order valence-electron chi connectivity index (χ1n) is 18.2. The number of benzene rings is 3. The first-order valence-corrected chi connectivity index (χ1v) is 18.2. The topological polar surface area (TPSA) is 152 Å². The molecule has 6 atom stereocenters. The molecule has 1 heterocycles. The standard InChI is InChI=1S/C14H22NO2.C13H19BNO3.C13H21NO2.2Y/c1-5-10(2)17-14-8-6-7-12(11(14)3)13(16)9-15-4;1-4-9(2)17-11-7-5-6-10-12(8-15-3)18-14(16)13(10)11;1-4-9(2)16-13-7-5-6-11(10(13)3)12(15)8-14;;/h6-8,10,13,16H,5,9H2,1-4H3;5-7,9,12,16H,4,8H2,1-3H3;5-7,9,12,15H,4,8,14H2,1-3H3;;/q2*-1;;;. The van der Waals surface area contributed by atoms with E-state index in [2.05, 4.69) is 31.4 Å². The number of likely N-dealkylation sites (N-methyl/N-ethyl adjacent to an activating group) is 2. The Morgan fingerprint density at radius 1 is 0.717 bits per heavy atom. The zero-order valence-corrected chi connectivity index (χ0v) is 39.3. The van der Waals surface area contributed by atoms with Gasteiger partial charge in [0, 0.05) is 83.5 Å². The Bertz CT molecular complexity index is 1460. The van der Waals surface area contributed by atoms with Gasteiger partial charge in [0.1, 0.15) is 17.2 Å². The van der Waals surface area contributed by atoms with E-state index in [1.807, 2.05) is 89.2 Å². The molecule has 0 amide bonds. The first kappa shape index (κ1) is 52.1. The summed E-state index contributed by atoms with van der Waals surface area (Å²) >= 11 is 0. The molecule has 0 aromatic heterocycles. The Balaban J connectivity index is 0.000000753. The molecule has 5 N–H and O–H groups in total. The zero-order valence-electron chi connectivity index (χ0n) is 33.6. The molecule has 6 unspecified atom stereocenters. The van der Waals surface area contributed by atoms with Crippen molar-refractivity contribution in [1.29, 1.82) is 0 Å². The molecule has 0 saturated heterocycles. The van der Waals surface area contributed by atoms with Crippen LogP contribution in [0, 0.1) is 13.8 Å². The Labute approximate surface area is 370 Å². The monoisotopic (exact) mass is 885 g/mol. The van der Waals surface area contributed by atoms with Gasteiger partial charge < -0.3 is 50.5 Å². The van der Waals surface area contributed by atoms with Gasteiger partial charge in [-0.05, 0) is 99.9 Å². The maximum absolute atomic E-state index is 10.0. The number of nitrogens with two attached hydrogens (primary N) is 1. The van der Waals surface area contributed by atoms with Crippen molar-refractivity contribution in [2.24, 2.45) is 5.73 Å². The molecule has 2 radical (unpaired) electrons. The van der Waals surface area contributed by atoms with E-state index >= 15 is 0 Å². The average molecular weight is 886 g/mol. The van der Waals surface area contributed by atoms with Crippen LogP contribution in [0.1, 0.15) is 107 Å². The second kappa shape index (κ2) is 27.6. The third-order valence-corrected chi connectivity index (χ3v) is 8.99. The third kappa shape index (κ3) is 16.2. The van der Waals surface area contributed by atoms with Crippen molar-refractivity contribution in [3.8, 4) is 17.2 Å². The number of rotatable bonds is 16. The largest absolute Gasteiger partial charge is 0.663 e. The van der Waals surface area contributed by atoms with E-state index in [0.29, 0.717) is 18.8 Å². The molecule has 53 heavy (non-hydrogen) atoms. The number of aliphatic hydroxyl groups is 2. The van der Waals surface area contributed by atoms with Crippen molar-refractivity contribution in [2.75, 3.05) is 33.7 Å². The Hall–Kier alpha value is -0.947. The molecule has 290 valence electrons. The number of ether oxygens (including phenoxy) is 3. The van der Waals surface area contributed by atoms with Gasteiger partial charge in [0.25, 0.3) is 0 Å². The van der Waals surface area contributed by atoms with Crippen LogP contribution < -0.4 is 25.4 Å². The summed E-state index contributed by atoms with van der Waals surface area (Å²) in [6, 6.07) is 17.3. The fourth-order valence-electron chi connectivity index (χ4n) is 5.35. The minimum absolute atomic E-state index is 0. The molecule has 3 aromatic rings. The van der Waals surface area contributed by atoms with Crippen LogP contribution in [0.4, 0.5) is 0 Å². The minimum Gasteiger partial charge on any atom is -0.663 e. The van der Waals surface area contributed by atoms with Gasteiger partial charge in [-0.3, -0.25) is 0 Å². The summed E-state index contributed by atoms with van der Waals surface area (Å²) < 4.78 is 22.9. The van der Waals surface area contributed by atoms with Crippen molar-refractivity contribution in [2.45, 2.75) is 111 Å². The van der Waals surface area contributed by atoms with Crippen LogP contribution in [0.3, 0.4) is 0 Å². The van der Waals surface area contributed by atoms with Gasteiger partial charge in [-0.15, -0.1) is 13.1 Å². The summed E-state index contributed by atoms with van der Waals surface area (Å²) in [6.07, 6.45) is 2.04. The molecule has 0 fully saturated rings. The third-order valence-electron chi connectivity index (χ3n) is 8.99. The fraction of sp³-hybridized carbons (Fsp3) is 0.550. The van der Waals surface area contributed by atoms with Gasteiger partial charge in [0.2, 0.25) is 0 Å². The molecule has 0 saturated carbocycles. The Morgan fingerprint density at radius 3 is 1.58 bits per heavy atom. The van der Waals surface area contributed by atoms with E-state index < -0.39 is 19.3 Å². The molecular formula is C40H62BN3O7Y2-2. The van der Waals surface area contributed by atoms with Gasteiger partial charge in [0.15, 0.2) is 0 Å². The summed E-state index contributed by atoms with van der Waals surface area (Å²) in [5.41, 5.74) is 10.9.